The average molecular weight is 545 g/mol. The van der Waals surface area contributed by atoms with Crippen molar-refractivity contribution in [2.45, 2.75) is 32.4 Å². The summed E-state index contributed by atoms with van der Waals surface area (Å²) in [4.78, 5) is 36.2. The van der Waals surface area contributed by atoms with Crippen molar-refractivity contribution in [2.75, 3.05) is 19.6 Å². The molecule has 2 heterocycles. The van der Waals surface area contributed by atoms with Gasteiger partial charge in [-0.25, -0.2) is 4.98 Å². The van der Waals surface area contributed by atoms with Gasteiger partial charge in [0.1, 0.15) is 5.82 Å². The van der Waals surface area contributed by atoms with E-state index in [-0.39, 0.29) is 23.6 Å². The van der Waals surface area contributed by atoms with Gasteiger partial charge in [0.15, 0.2) is 0 Å². The first-order chi connectivity index (χ1) is 17.5. The maximum atomic E-state index is 13.7. The van der Waals surface area contributed by atoms with Crippen LogP contribution in [0.3, 0.4) is 0 Å². The van der Waals surface area contributed by atoms with Crippen LogP contribution in [0.25, 0.3) is 16.6 Å². The van der Waals surface area contributed by atoms with Crippen LogP contribution >= 0.6 is 15.9 Å². The van der Waals surface area contributed by atoms with Gasteiger partial charge in [0, 0.05) is 35.7 Å². The van der Waals surface area contributed by atoms with Crippen molar-refractivity contribution in [1.82, 2.24) is 19.4 Å². The summed E-state index contributed by atoms with van der Waals surface area (Å²) < 4.78 is 2.71. The van der Waals surface area contributed by atoms with E-state index in [4.69, 9.17) is 4.98 Å². The van der Waals surface area contributed by atoms with Gasteiger partial charge in [-0.1, -0.05) is 53.2 Å². The van der Waals surface area contributed by atoms with Gasteiger partial charge in [-0.3, -0.25) is 19.1 Å². The zero-order chi connectivity index (χ0) is 25.2. The molecule has 0 saturated carbocycles. The van der Waals surface area contributed by atoms with E-state index in [0.717, 1.165) is 22.4 Å². The molecule has 0 aliphatic carbocycles. The van der Waals surface area contributed by atoms with Gasteiger partial charge in [0.05, 0.1) is 22.6 Å². The summed E-state index contributed by atoms with van der Waals surface area (Å²) in [7, 11) is 0. The topological polar surface area (TPSA) is 58.4 Å². The summed E-state index contributed by atoms with van der Waals surface area (Å²) in [6.07, 6.45) is 0.792. The third-order valence-electron chi connectivity index (χ3n) is 6.95. The molecule has 6 nitrogen and oxygen atoms in total. The van der Waals surface area contributed by atoms with Crippen LogP contribution < -0.4 is 5.56 Å². The van der Waals surface area contributed by atoms with Crippen molar-refractivity contribution in [3.63, 3.8) is 0 Å². The molecule has 3 aromatic carbocycles. The standard InChI is InChI=1S/C29H29BrN4O2/c1-3-26(32-17-18-33(20(2)19-32)28(35)21-9-5-4-6-10-21)27-31-25-12-8-7-11-24(25)29(36)34(27)23-15-13-22(30)14-16-23/h4-16,20,26H,3,17-19H2,1-2H3. The molecule has 0 bridgehead atoms. The van der Waals surface area contributed by atoms with E-state index >= 15 is 0 Å². The molecule has 5 rings (SSSR count). The molecule has 4 aromatic rings. The van der Waals surface area contributed by atoms with Crippen LogP contribution in [-0.2, 0) is 0 Å². The Morgan fingerprint density at radius 3 is 2.39 bits per heavy atom. The summed E-state index contributed by atoms with van der Waals surface area (Å²) in [6, 6.07) is 24.7. The van der Waals surface area contributed by atoms with Gasteiger partial charge in [0.2, 0.25) is 0 Å². The summed E-state index contributed by atoms with van der Waals surface area (Å²) in [5.74, 6) is 0.796. The maximum absolute atomic E-state index is 13.7. The number of aromatic nitrogens is 2. The van der Waals surface area contributed by atoms with Crippen molar-refractivity contribution in [3.05, 3.63) is 105 Å². The van der Waals surface area contributed by atoms with Crippen molar-refractivity contribution in [2.24, 2.45) is 0 Å². The minimum absolute atomic E-state index is 0.0359. The van der Waals surface area contributed by atoms with Gasteiger partial charge in [-0.05, 0) is 61.9 Å². The van der Waals surface area contributed by atoms with E-state index in [0.29, 0.717) is 36.1 Å². The number of benzene rings is 3. The first kappa shape index (κ1) is 24.4. The monoisotopic (exact) mass is 544 g/mol. The summed E-state index contributed by atoms with van der Waals surface area (Å²) >= 11 is 3.50. The Kier molecular flexibility index (Phi) is 7.03. The zero-order valence-electron chi connectivity index (χ0n) is 20.5. The van der Waals surface area contributed by atoms with Crippen molar-refractivity contribution in [3.8, 4) is 5.69 Å². The van der Waals surface area contributed by atoms with Gasteiger partial charge >= 0.3 is 0 Å². The van der Waals surface area contributed by atoms with Crippen LogP contribution in [-0.4, -0.2) is 50.9 Å². The van der Waals surface area contributed by atoms with Crippen LogP contribution in [0, 0.1) is 0 Å². The third kappa shape index (κ3) is 4.61. The number of carbonyl (C=O) groups excluding carboxylic acids is 1. The normalized spacial score (nSPS) is 17.3. The van der Waals surface area contributed by atoms with Gasteiger partial charge in [0.25, 0.3) is 11.5 Å². The Hall–Kier alpha value is -3.29. The Labute approximate surface area is 219 Å². The predicted octanol–water partition coefficient (Wildman–Crippen LogP) is 5.45. The number of hydrogen-bond donors (Lipinski definition) is 0. The highest BCUT2D eigenvalue weighted by atomic mass is 79.9. The number of hydrogen-bond acceptors (Lipinski definition) is 4. The fourth-order valence-electron chi connectivity index (χ4n) is 5.13. The summed E-state index contributed by atoms with van der Waals surface area (Å²) in [5.41, 5.74) is 2.14. The van der Waals surface area contributed by atoms with Gasteiger partial charge in [-0.2, -0.15) is 0 Å². The molecule has 1 amide bonds. The highest BCUT2D eigenvalue weighted by Crippen LogP contribution is 2.29. The van der Waals surface area contributed by atoms with Crippen molar-refractivity contribution >= 4 is 32.7 Å². The number of carbonyl (C=O) groups is 1. The van der Waals surface area contributed by atoms with Gasteiger partial charge < -0.3 is 4.90 Å². The van der Waals surface area contributed by atoms with Crippen molar-refractivity contribution < 1.29 is 4.79 Å². The van der Waals surface area contributed by atoms with E-state index in [1.165, 1.54) is 0 Å². The molecular formula is C29H29BrN4O2. The number of piperazine rings is 1. The molecule has 0 spiro atoms. The summed E-state index contributed by atoms with van der Waals surface area (Å²) in [6.45, 7) is 6.27. The molecule has 0 radical (unpaired) electrons. The minimum Gasteiger partial charge on any atom is -0.333 e. The second-order valence-electron chi connectivity index (χ2n) is 9.24. The van der Waals surface area contributed by atoms with E-state index < -0.39 is 0 Å². The first-order valence-electron chi connectivity index (χ1n) is 12.4. The lowest BCUT2D eigenvalue weighted by molar-refractivity contribution is 0.0364. The van der Waals surface area contributed by atoms with E-state index in [9.17, 15) is 9.59 Å². The number of nitrogens with zero attached hydrogens (tertiary/aromatic N) is 4. The number of halogens is 1. The largest absolute Gasteiger partial charge is 0.333 e. The number of amides is 1. The molecule has 184 valence electrons. The molecule has 2 unspecified atom stereocenters. The first-order valence-corrected chi connectivity index (χ1v) is 13.1. The second kappa shape index (κ2) is 10.4. The molecule has 0 N–H and O–H groups in total. The molecule has 1 aliphatic heterocycles. The molecular weight excluding hydrogens is 516 g/mol. The molecule has 1 fully saturated rings. The Bertz CT molecular complexity index is 1440. The third-order valence-corrected chi connectivity index (χ3v) is 7.48. The van der Waals surface area contributed by atoms with Crippen molar-refractivity contribution in [1.29, 1.82) is 0 Å². The fraction of sp³-hybridized carbons (Fsp3) is 0.276. The minimum atomic E-state index is -0.0673. The second-order valence-corrected chi connectivity index (χ2v) is 10.2. The van der Waals surface area contributed by atoms with Crippen LogP contribution in [0.4, 0.5) is 0 Å². The molecule has 7 heteroatoms. The SMILES string of the molecule is CCC(c1nc2ccccc2c(=O)n1-c1ccc(Br)cc1)N1CCN(C(=O)c2ccccc2)C(C)C1. The lowest BCUT2D eigenvalue weighted by Gasteiger charge is -2.43. The average Bonchev–Trinajstić information content (AvgIpc) is 2.90. The Morgan fingerprint density at radius 1 is 1.00 bits per heavy atom. The molecule has 36 heavy (non-hydrogen) atoms. The van der Waals surface area contributed by atoms with Crippen LogP contribution in [0.5, 0.6) is 0 Å². The summed E-state index contributed by atoms with van der Waals surface area (Å²) in [5, 5.41) is 0.602. The predicted molar refractivity (Wildman–Crippen MR) is 147 cm³/mol. The van der Waals surface area contributed by atoms with E-state index in [1.54, 1.807) is 4.57 Å². The van der Waals surface area contributed by atoms with E-state index in [2.05, 4.69) is 34.7 Å². The molecule has 1 saturated heterocycles. The lowest BCUT2D eigenvalue weighted by atomic mass is 10.1. The molecule has 2 atom stereocenters. The Morgan fingerprint density at radius 2 is 1.69 bits per heavy atom. The van der Waals surface area contributed by atoms with E-state index in [1.807, 2.05) is 83.8 Å². The quantitative estimate of drug-likeness (QED) is 0.335. The molecule has 1 aliphatic rings. The highest BCUT2D eigenvalue weighted by molar-refractivity contribution is 9.10. The van der Waals surface area contributed by atoms with Crippen LogP contribution in [0.1, 0.15) is 42.5 Å². The smallest absolute Gasteiger partial charge is 0.266 e. The zero-order valence-corrected chi connectivity index (χ0v) is 22.1. The van der Waals surface area contributed by atoms with Crippen LogP contribution in [0.2, 0.25) is 0 Å². The maximum Gasteiger partial charge on any atom is 0.266 e. The Balaban J connectivity index is 1.52. The fourth-order valence-corrected chi connectivity index (χ4v) is 5.40. The number of fused-ring (bicyclic) bond motifs is 1. The number of para-hydroxylation sites is 1. The number of rotatable bonds is 5. The molecule has 1 aromatic heterocycles. The van der Waals surface area contributed by atoms with Gasteiger partial charge in [-0.15, -0.1) is 0 Å². The highest BCUT2D eigenvalue weighted by Gasteiger charge is 2.33. The lowest BCUT2D eigenvalue weighted by Crippen LogP contribution is -2.55. The van der Waals surface area contributed by atoms with Crippen LogP contribution in [0.15, 0.2) is 88.1 Å².